The minimum Gasteiger partial charge on any atom is -0.381 e. The molecule has 1 aliphatic heterocycles. The molecule has 0 aromatic heterocycles. The van der Waals surface area contributed by atoms with Gasteiger partial charge < -0.3 is 10.1 Å². The molecule has 1 fully saturated rings. The SMILES string of the molecule is c1ccc2c(c1)CCCC2COCCC1CCNC1. The van der Waals surface area contributed by atoms with Gasteiger partial charge in [-0.05, 0) is 62.2 Å². The van der Waals surface area contributed by atoms with Crippen LogP contribution in [-0.2, 0) is 11.2 Å². The first kappa shape index (κ1) is 13.1. The maximum Gasteiger partial charge on any atom is 0.0534 e. The maximum atomic E-state index is 5.96. The molecule has 2 unspecified atom stereocenters. The molecular formula is C17H25NO. The van der Waals surface area contributed by atoms with Gasteiger partial charge in [-0.2, -0.15) is 0 Å². The van der Waals surface area contributed by atoms with Gasteiger partial charge in [0.05, 0.1) is 6.61 Å². The highest BCUT2D eigenvalue weighted by atomic mass is 16.5. The molecule has 2 heteroatoms. The molecule has 0 amide bonds. The third kappa shape index (κ3) is 3.37. The van der Waals surface area contributed by atoms with Gasteiger partial charge in [-0.1, -0.05) is 24.3 Å². The normalized spacial score (nSPS) is 26.3. The van der Waals surface area contributed by atoms with E-state index in [9.17, 15) is 0 Å². The van der Waals surface area contributed by atoms with E-state index in [4.69, 9.17) is 4.74 Å². The number of benzene rings is 1. The summed E-state index contributed by atoms with van der Waals surface area (Å²) in [5.41, 5.74) is 3.08. The van der Waals surface area contributed by atoms with Crippen molar-refractivity contribution in [1.29, 1.82) is 0 Å². The number of aryl methyl sites for hydroxylation is 1. The fourth-order valence-electron chi connectivity index (χ4n) is 3.46. The molecule has 1 N–H and O–H groups in total. The van der Waals surface area contributed by atoms with Crippen LogP contribution in [0.25, 0.3) is 0 Å². The first-order valence-corrected chi connectivity index (χ1v) is 7.80. The summed E-state index contributed by atoms with van der Waals surface area (Å²) in [6.07, 6.45) is 6.41. The molecule has 3 rings (SSSR count). The molecule has 19 heavy (non-hydrogen) atoms. The highest BCUT2D eigenvalue weighted by Crippen LogP contribution is 2.31. The van der Waals surface area contributed by atoms with Crippen molar-refractivity contribution >= 4 is 0 Å². The molecule has 1 aromatic rings. The summed E-state index contributed by atoms with van der Waals surface area (Å²) in [6.45, 7) is 4.23. The molecule has 2 nitrogen and oxygen atoms in total. The summed E-state index contributed by atoms with van der Waals surface area (Å²) >= 11 is 0. The van der Waals surface area contributed by atoms with E-state index in [0.717, 1.165) is 19.1 Å². The van der Waals surface area contributed by atoms with Crippen LogP contribution >= 0.6 is 0 Å². The fourth-order valence-corrected chi connectivity index (χ4v) is 3.46. The van der Waals surface area contributed by atoms with Gasteiger partial charge in [-0.3, -0.25) is 0 Å². The number of hydrogen-bond acceptors (Lipinski definition) is 2. The largest absolute Gasteiger partial charge is 0.381 e. The molecule has 1 aromatic carbocycles. The van der Waals surface area contributed by atoms with E-state index in [1.807, 2.05) is 0 Å². The average molecular weight is 259 g/mol. The fraction of sp³-hybridized carbons (Fsp3) is 0.647. The van der Waals surface area contributed by atoms with E-state index >= 15 is 0 Å². The maximum absolute atomic E-state index is 5.96. The Hall–Kier alpha value is -0.860. The van der Waals surface area contributed by atoms with Crippen LogP contribution in [0.3, 0.4) is 0 Å². The zero-order valence-electron chi connectivity index (χ0n) is 11.7. The number of fused-ring (bicyclic) bond motifs is 1. The van der Waals surface area contributed by atoms with Crippen molar-refractivity contribution in [3.8, 4) is 0 Å². The minimum absolute atomic E-state index is 0.631. The van der Waals surface area contributed by atoms with E-state index in [1.54, 1.807) is 5.56 Å². The van der Waals surface area contributed by atoms with Crippen molar-refractivity contribution in [2.45, 2.75) is 38.0 Å². The summed E-state index contributed by atoms with van der Waals surface area (Å²) in [4.78, 5) is 0. The summed E-state index contributed by atoms with van der Waals surface area (Å²) in [5.74, 6) is 1.48. The number of ether oxygens (including phenoxy) is 1. The zero-order valence-corrected chi connectivity index (χ0v) is 11.7. The standard InChI is InChI=1S/C17H25NO/c1-2-7-17-15(4-1)5-3-6-16(17)13-19-11-9-14-8-10-18-12-14/h1-2,4,7,14,16,18H,3,5-6,8-13H2. The molecule has 0 radical (unpaired) electrons. The average Bonchev–Trinajstić information content (AvgIpc) is 2.97. The van der Waals surface area contributed by atoms with Crippen LogP contribution in [0.1, 0.15) is 42.7 Å². The lowest BCUT2D eigenvalue weighted by atomic mass is 9.83. The van der Waals surface area contributed by atoms with E-state index in [-0.39, 0.29) is 0 Å². The van der Waals surface area contributed by atoms with Crippen molar-refractivity contribution in [1.82, 2.24) is 5.32 Å². The van der Waals surface area contributed by atoms with Crippen LogP contribution < -0.4 is 5.32 Å². The molecule has 2 aliphatic rings. The predicted molar refractivity (Wildman–Crippen MR) is 78.5 cm³/mol. The quantitative estimate of drug-likeness (QED) is 0.820. The summed E-state index contributed by atoms with van der Waals surface area (Å²) in [5, 5.41) is 3.42. The van der Waals surface area contributed by atoms with Crippen LogP contribution in [0, 0.1) is 5.92 Å². The molecule has 1 aliphatic carbocycles. The Morgan fingerprint density at radius 3 is 3.05 bits per heavy atom. The molecule has 1 saturated heterocycles. The van der Waals surface area contributed by atoms with Crippen molar-refractivity contribution in [2.24, 2.45) is 5.92 Å². The van der Waals surface area contributed by atoms with E-state index in [2.05, 4.69) is 29.6 Å². The van der Waals surface area contributed by atoms with Gasteiger partial charge in [0.1, 0.15) is 0 Å². The second kappa shape index (κ2) is 6.53. The Balaban J connectivity index is 1.45. The summed E-state index contributed by atoms with van der Waals surface area (Å²) < 4.78 is 5.96. The molecule has 0 spiro atoms. The number of nitrogens with one attached hydrogen (secondary N) is 1. The highest BCUT2D eigenvalue weighted by molar-refractivity contribution is 5.32. The van der Waals surface area contributed by atoms with Gasteiger partial charge in [-0.15, -0.1) is 0 Å². The zero-order chi connectivity index (χ0) is 12.9. The second-order valence-electron chi connectivity index (χ2n) is 6.01. The Morgan fingerprint density at radius 2 is 2.16 bits per heavy atom. The monoisotopic (exact) mass is 259 g/mol. The van der Waals surface area contributed by atoms with E-state index < -0.39 is 0 Å². The van der Waals surface area contributed by atoms with Gasteiger partial charge in [0.15, 0.2) is 0 Å². The Bertz CT molecular complexity index is 398. The molecule has 104 valence electrons. The second-order valence-corrected chi connectivity index (χ2v) is 6.01. The van der Waals surface area contributed by atoms with E-state index in [1.165, 1.54) is 50.8 Å². The number of hydrogen-bond donors (Lipinski definition) is 1. The topological polar surface area (TPSA) is 21.3 Å². The first-order valence-electron chi connectivity index (χ1n) is 7.80. The Kier molecular flexibility index (Phi) is 4.52. The smallest absolute Gasteiger partial charge is 0.0534 e. The lowest BCUT2D eigenvalue weighted by molar-refractivity contribution is 0.105. The molecule has 0 saturated carbocycles. The lowest BCUT2D eigenvalue weighted by Crippen LogP contribution is -2.16. The summed E-state index contributed by atoms with van der Waals surface area (Å²) in [7, 11) is 0. The van der Waals surface area contributed by atoms with Gasteiger partial charge in [0, 0.05) is 12.5 Å². The van der Waals surface area contributed by atoms with Gasteiger partial charge >= 0.3 is 0 Å². The number of rotatable bonds is 5. The third-order valence-corrected chi connectivity index (χ3v) is 4.65. The van der Waals surface area contributed by atoms with Crippen molar-refractivity contribution < 1.29 is 4.74 Å². The van der Waals surface area contributed by atoms with Crippen LogP contribution in [-0.4, -0.2) is 26.3 Å². The van der Waals surface area contributed by atoms with Gasteiger partial charge in [-0.25, -0.2) is 0 Å². The molecule has 1 heterocycles. The Morgan fingerprint density at radius 1 is 1.21 bits per heavy atom. The highest BCUT2D eigenvalue weighted by Gasteiger charge is 2.20. The van der Waals surface area contributed by atoms with Crippen LogP contribution in [0.15, 0.2) is 24.3 Å². The van der Waals surface area contributed by atoms with Crippen LogP contribution in [0.4, 0.5) is 0 Å². The third-order valence-electron chi connectivity index (χ3n) is 4.65. The molecular weight excluding hydrogens is 234 g/mol. The predicted octanol–water partition coefficient (Wildman–Crippen LogP) is 3.12. The lowest BCUT2D eigenvalue weighted by Gasteiger charge is -2.25. The van der Waals surface area contributed by atoms with Crippen LogP contribution in [0.2, 0.25) is 0 Å². The van der Waals surface area contributed by atoms with Gasteiger partial charge in [0.25, 0.3) is 0 Å². The van der Waals surface area contributed by atoms with E-state index in [0.29, 0.717) is 5.92 Å². The summed E-state index contributed by atoms with van der Waals surface area (Å²) in [6, 6.07) is 8.91. The van der Waals surface area contributed by atoms with Crippen molar-refractivity contribution in [3.63, 3.8) is 0 Å². The molecule has 0 bridgehead atoms. The Labute approximate surface area is 116 Å². The van der Waals surface area contributed by atoms with Crippen molar-refractivity contribution in [3.05, 3.63) is 35.4 Å². The van der Waals surface area contributed by atoms with Crippen molar-refractivity contribution in [2.75, 3.05) is 26.3 Å². The first-order chi connectivity index (χ1) is 9.43. The molecule has 2 atom stereocenters. The van der Waals surface area contributed by atoms with Crippen LogP contribution in [0.5, 0.6) is 0 Å². The van der Waals surface area contributed by atoms with Gasteiger partial charge in [0.2, 0.25) is 0 Å². The minimum atomic E-state index is 0.631.